The molecular weight excluding hydrogens is 450 g/mol. The zero-order chi connectivity index (χ0) is 25.7. The first-order valence-corrected chi connectivity index (χ1v) is 13.1. The van der Waals surface area contributed by atoms with Crippen molar-refractivity contribution in [2.24, 2.45) is 5.92 Å². The van der Waals surface area contributed by atoms with Gasteiger partial charge < -0.3 is 9.47 Å². The van der Waals surface area contributed by atoms with E-state index >= 15 is 0 Å². The highest BCUT2D eigenvalue weighted by Crippen LogP contribution is 2.24. The molecule has 1 aliphatic carbocycles. The number of aromatic nitrogens is 2. The zero-order valence-electron chi connectivity index (χ0n) is 21.6. The minimum Gasteiger partial charge on any atom is -0.497 e. The average molecular weight is 490 g/mol. The van der Waals surface area contributed by atoms with Gasteiger partial charge in [0.2, 0.25) is 5.95 Å². The van der Waals surface area contributed by atoms with Crippen molar-refractivity contribution in [2.45, 2.75) is 60.5 Å². The molecule has 1 unspecified atom stereocenters. The third-order valence-electron chi connectivity index (χ3n) is 5.04. The van der Waals surface area contributed by atoms with Crippen LogP contribution in [0.3, 0.4) is 0 Å². The number of rotatable bonds is 10. The fraction of sp³-hybridized carbons (Fsp3) is 0.462. The van der Waals surface area contributed by atoms with Gasteiger partial charge in [0.05, 0.1) is 23.8 Å². The number of anilines is 1. The number of hydrogen-bond donors (Lipinski definition) is 1. The zero-order valence-corrected chi connectivity index (χ0v) is 22.4. The number of ether oxygens (including phenoxy) is 2. The lowest BCUT2D eigenvalue weighted by atomic mass is 10.0. The maximum atomic E-state index is 13.2. The summed E-state index contributed by atoms with van der Waals surface area (Å²) in [7, 11) is -1.05. The third kappa shape index (κ3) is 8.57. The van der Waals surface area contributed by atoms with Crippen LogP contribution in [0.2, 0.25) is 0 Å². The van der Waals surface area contributed by atoms with Crippen molar-refractivity contribution < 1.29 is 17.9 Å². The van der Waals surface area contributed by atoms with Crippen LogP contribution < -0.4 is 4.72 Å². The summed E-state index contributed by atoms with van der Waals surface area (Å²) < 4.78 is 39.4. The van der Waals surface area contributed by atoms with Crippen LogP contribution in [0.5, 0.6) is 0 Å². The van der Waals surface area contributed by atoms with Crippen molar-refractivity contribution >= 4 is 21.5 Å². The summed E-state index contributed by atoms with van der Waals surface area (Å²) in [6, 6.07) is 1.75. The van der Waals surface area contributed by atoms with Gasteiger partial charge in [-0.15, -0.1) is 0 Å². The summed E-state index contributed by atoms with van der Waals surface area (Å²) in [6.07, 6.45) is 13.8. The van der Waals surface area contributed by atoms with Crippen LogP contribution in [-0.4, -0.2) is 38.7 Å². The molecule has 0 saturated heterocycles. The van der Waals surface area contributed by atoms with Gasteiger partial charge in [-0.25, -0.2) is 23.1 Å². The monoisotopic (exact) mass is 489 g/mol. The van der Waals surface area contributed by atoms with E-state index in [-0.39, 0.29) is 10.9 Å². The van der Waals surface area contributed by atoms with Crippen LogP contribution in [0.4, 0.5) is 5.95 Å². The second-order valence-corrected chi connectivity index (χ2v) is 9.32. The predicted octanol–water partition coefficient (Wildman–Crippen LogP) is 6.03. The highest BCUT2D eigenvalue weighted by Gasteiger charge is 2.25. The summed E-state index contributed by atoms with van der Waals surface area (Å²) in [5.41, 5.74) is 2.84. The molecular formula is C26H39N3O4S. The molecule has 1 atom stereocenters. The molecule has 1 heterocycles. The highest BCUT2D eigenvalue weighted by molar-refractivity contribution is 7.96. The Morgan fingerprint density at radius 1 is 1.21 bits per heavy atom. The summed E-state index contributed by atoms with van der Waals surface area (Å²) in [5, 5.41) is 0. The Hall–Kier alpha value is -2.71. The SMILES string of the molecule is CC.CC/C=C(\C=C(/C(C)OC)S(=O)(=O)Nc1nccc(C2=CC=C(C(C)C)CC=C2)n1)OC. The average Bonchev–Trinajstić information content (AvgIpc) is 3.09. The van der Waals surface area contributed by atoms with E-state index in [1.54, 1.807) is 19.1 Å². The molecule has 34 heavy (non-hydrogen) atoms. The van der Waals surface area contributed by atoms with Crippen molar-refractivity contribution in [2.75, 3.05) is 18.9 Å². The Kier molecular flexibility index (Phi) is 12.5. The van der Waals surface area contributed by atoms with E-state index < -0.39 is 16.1 Å². The van der Waals surface area contributed by atoms with Gasteiger partial charge in [-0.05, 0) is 49.5 Å². The highest BCUT2D eigenvalue weighted by atomic mass is 32.2. The Morgan fingerprint density at radius 3 is 2.50 bits per heavy atom. The van der Waals surface area contributed by atoms with Gasteiger partial charge in [0, 0.05) is 13.3 Å². The van der Waals surface area contributed by atoms with Gasteiger partial charge in [0.1, 0.15) is 5.76 Å². The lowest BCUT2D eigenvalue weighted by Crippen LogP contribution is -2.25. The molecule has 0 radical (unpaired) electrons. The summed E-state index contributed by atoms with van der Waals surface area (Å²) >= 11 is 0. The molecule has 1 N–H and O–H groups in total. The molecule has 1 aromatic rings. The second kappa shape index (κ2) is 14.5. The van der Waals surface area contributed by atoms with Crippen LogP contribution in [-0.2, 0) is 19.5 Å². The molecule has 0 bridgehead atoms. The van der Waals surface area contributed by atoms with E-state index in [0.29, 0.717) is 23.8 Å². The molecule has 2 rings (SSSR count). The van der Waals surface area contributed by atoms with Gasteiger partial charge in [-0.3, -0.25) is 0 Å². The van der Waals surface area contributed by atoms with E-state index in [0.717, 1.165) is 12.0 Å². The van der Waals surface area contributed by atoms with E-state index in [4.69, 9.17) is 9.47 Å². The smallest absolute Gasteiger partial charge is 0.263 e. The van der Waals surface area contributed by atoms with Crippen LogP contribution in [0, 0.1) is 5.92 Å². The molecule has 7 nitrogen and oxygen atoms in total. The largest absolute Gasteiger partial charge is 0.497 e. The number of nitrogens with zero attached hydrogens (tertiary/aromatic N) is 2. The van der Waals surface area contributed by atoms with E-state index in [9.17, 15) is 8.42 Å². The van der Waals surface area contributed by atoms with Crippen molar-refractivity contribution in [1.29, 1.82) is 0 Å². The quantitative estimate of drug-likeness (QED) is 0.319. The molecule has 0 fully saturated rings. The second-order valence-electron chi connectivity index (χ2n) is 7.64. The van der Waals surface area contributed by atoms with Gasteiger partial charge >= 0.3 is 0 Å². The summed E-state index contributed by atoms with van der Waals surface area (Å²) in [4.78, 5) is 8.56. The van der Waals surface area contributed by atoms with Crippen molar-refractivity contribution in [1.82, 2.24) is 9.97 Å². The molecule has 0 saturated carbocycles. The van der Waals surface area contributed by atoms with Gasteiger partial charge in [0.25, 0.3) is 10.0 Å². The summed E-state index contributed by atoms with van der Waals surface area (Å²) in [5.74, 6) is 0.879. The number of nitrogens with one attached hydrogen (secondary N) is 1. The maximum absolute atomic E-state index is 13.2. The lowest BCUT2D eigenvalue weighted by Gasteiger charge is -2.16. The Labute approximate surface area is 205 Å². The minimum absolute atomic E-state index is 0.0123. The number of hydrogen-bond acceptors (Lipinski definition) is 6. The van der Waals surface area contributed by atoms with E-state index in [1.807, 2.05) is 32.9 Å². The van der Waals surface area contributed by atoms with E-state index in [1.165, 1.54) is 32.1 Å². The van der Waals surface area contributed by atoms with Gasteiger partial charge in [0.15, 0.2) is 0 Å². The normalized spacial score (nSPS) is 15.6. The van der Waals surface area contributed by atoms with Crippen LogP contribution in [0.1, 0.15) is 60.1 Å². The minimum atomic E-state index is -3.99. The first-order valence-electron chi connectivity index (χ1n) is 11.6. The lowest BCUT2D eigenvalue weighted by molar-refractivity contribution is 0.152. The molecule has 0 spiro atoms. The molecule has 0 amide bonds. The summed E-state index contributed by atoms with van der Waals surface area (Å²) in [6.45, 7) is 11.9. The van der Waals surface area contributed by atoms with Gasteiger partial charge in [-0.1, -0.05) is 64.5 Å². The fourth-order valence-corrected chi connectivity index (χ4v) is 4.32. The van der Waals surface area contributed by atoms with Crippen molar-refractivity contribution in [3.8, 4) is 0 Å². The van der Waals surface area contributed by atoms with E-state index in [2.05, 4.69) is 40.7 Å². The van der Waals surface area contributed by atoms with Crippen molar-refractivity contribution in [3.63, 3.8) is 0 Å². The molecule has 0 aromatic carbocycles. The topological polar surface area (TPSA) is 90.4 Å². The Morgan fingerprint density at radius 2 is 1.91 bits per heavy atom. The standard InChI is InChI=1S/C24H33N3O4S.C2H6/c1-7-9-21(31-6)16-23(18(4)30-5)32(28,29)27-24-25-15-14-22(26-24)20-11-8-10-19(12-13-20)17(2)3;1-2/h8-9,11-18H,7,10H2,1-6H3,(H,25,26,27);1-2H3/b21-9+,23-16+;. The first kappa shape index (κ1) is 29.3. The van der Waals surface area contributed by atoms with Crippen molar-refractivity contribution in [3.05, 3.63) is 70.7 Å². The number of sulfonamides is 1. The molecule has 188 valence electrons. The number of allylic oxidation sites excluding steroid dienone is 8. The molecule has 8 heteroatoms. The molecule has 0 aliphatic heterocycles. The predicted molar refractivity (Wildman–Crippen MR) is 141 cm³/mol. The Balaban J connectivity index is 0.00000281. The fourth-order valence-electron chi connectivity index (χ4n) is 3.06. The Bertz CT molecular complexity index is 1050. The number of methoxy groups -OCH3 is 2. The third-order valence-corrected chi connectivity index (χ3v) is 6.56. The van der Waals surface area contributed by atoms with Crippen LogP contribution >= 0.6 is 0 Å². The van der Waals surface area contributed by atoms with Crippen LogP contribution in [0.25, 0.3) is 5.57 Å². The first-order chi connectivity index (χ1) is 16.2. The molecule has 1 aliphatic rings. The molecule has 1 aromatic heterocycles. The van der Waals surface area contributed by atoms with Gasteiger partial charge in [-0.2, -0.15) is 0 Å². The van der Waals surface area contributed by atoms with Crippen LogP contribution in [0.15, 0.2) is 65.0 Å². The maximum Gasteiger partial charge on any atom is 0.263 e.